The number of carbonyl (C=O) groups excluding carboxylic acids is 1. The minimum Gasteiger partial charge on any atom is -0.307 e. The van der Waals surface area contributed by atoms with Crippen molar-refractivity contribution < 1.29 is 4.79 Å². The van der Waals surface area contributed by atoms with Crippen LogP contribution < -0.4 is 10.5 Å². The summed E-state index contributed by atoms with van der Waals surface area (Å²) in [6.45, 7) is 3.33. The molecule has 0 spiro atoms. The van der Waals surface area contributed by atoms with Crippen LogP contribution in [0.5, 0.6) is 0 Å². The first kappa shape index (κ1) is 15.8. The molecule has 2 aromatic heterocycles. The van der Waals surface area contributed by atoms with E-state index in [0.717, 1.165) is 49.3 Å². The molecule has 0 saturated carbocycles. The Hall–Kier alpha value is -2.47. The number of aryl methyl sites for hydroxylation is 3. The summed E-state index contributed by atoms with van der Waals surface area (Å²) < 4.78 is 1.77. The zero-order valence-corrected chi connectivity index (χ0v) is 15.4. The Balaban J connectivity index is 1.64. The first-order chi connectivity index (χ1) is 12.6. The van der Waals surface area contributed by atoms with Crippen molar-refractivity contribution in [3.8, 4) is 0 Å². The van der Waals surface area contributed by atoms with Gasteiger partial charge in [0.25, 0.3) is 11.5 Å². The van der Waals surface area contributed by atoms with E-state index in [1.54, 1.807) is 4.57 Å². The second kappa shape index (κ2) is 5.77. The Kier molecular flexibility index (Phi) is 3.50. The number of anilines is 1. The van der Waals surface area contributed by atoms with Gasteiger partial charge in [0.2, 0.25) is 0 Å². The molecule has 0 N–H and O–H groups in total. The van der Waals surface area contributed by atoms with Crippen LogP contribution in [0.1, 0.15) is 39.5 Å². The summed E-state index contributed by atoms with van der Waals surface area (Å²) in [6, 6.07) is 8.09. The quantitative estimate of drug-likeness (QED) is 0.665. The van der Waals surface area contributed by atoms with E-state index in [4.69, 9.17) is 0 Å². The van der Waals surface area contributed by atoms with Crippen molar-refractivity contribution in [2.45, 2.75) is 39.2 Å². The van der Waals surface area contributed by atoms with Gasteiger partial charge in [0.15, 0.2) is 0 Å². The Morgan fingerprint density at radius 2 is 1.96 bits per heavy atom. The highest BCUT2D eigenvalue weighted by Crippen LogP contribution is 2.33. The molecule has 5 rings (SSSR count). The lowest BCUT2D eigenvalue weighted by molar-refractivity contribution is 0.0988. The highest BCUT2D eigenvalue weighted by atomic mass is 32.1. The number of thiophene rings is 1. The summed E-state index contributed by atoms with van der Waals surface area (Å²) in [4.78, 5) is 34.1. The summed E-state index contributed by atoms with van der Waals surface area (Å²) in [5, 5.41) is 0.620. The first-order valence-electron chi connectivity index (χ1n) is 9.08. The number of hydrogen-bond acceptors (Lipinski definition) is 4. The number of carbonyl (C=O) groups is 1. The van der Waals surface area contributed by atoms with Gasteiger partial charge < -0.3 is 4.90 Å². The third kappa shape index (κ3) is 2.18. The molecule has 0 atom stereocenters. The van der Waals surface area contributed by atoms with Crippen molar-refractivity contribution in [1.29, 1.82) is 0 Å². The number of hydrogen-bond donors (Lipinski definition) is 0. The smallest absolute Gasteiger partial charge is 0.268 e. The van der Waals surface area contributed by atoms with Gasteiger partial charge in [0.1, 0.15) is 10.7 Å². The first-order valence-corrected chi connectivity index (χ1v) is 9.89. The molecule has 5 nitrogen and oxygen atoms in total. The van der Waals surface area contributed by atoms with Gasteiger partial charge in [-0.25, -0.2) is 4.98 Å². The number of rotatable bonds is 1. The molecule has 1 amide bonds. The molecule has 26 heavy (non-hydrogen) atoms. The lowest BCUT2D eigenvalue weighted by Crippen LogP contribution is -2.35. The molecule has 4 heterocycles. The molecule has 0 bridgehead atoms. The van der Waals surface area contributed by atoms with Gasteiger partial charge in [-0.3, -0.25) is 14.2 Å². The van der Waals surface area contributed by atoms with Gasteiger partial charge in [0.05, 0.1) is 10.3 Å². The van der Waals surface area contributed by atoms with E-state index in [-0.39, 0.29) is 11.5 Å². The third-order valence-corrected chi connectivity index (χ3v) is 6.63. The standard InChI is InChI=1S/C20H19N3O2S/c1-12-16-18(21-15-9-5-11-23(15)19(16)24)26-17(12)20(25)22-10-4-7-13-6-2-3-8-14(13)22/h2-3,6,8H,4-5,7,9-11H2,1H3. The molecule has 0 unspecified atom stereocenters. The molecular weight excluding hydrogens is 346 g/mol. The van der Waals surface area contributed by atoms with Crippen LogP contribution in [0.25, 0.3) is 10.2 Å². The SMILES string of the molecule is Cc1c(C(=O)N2CCCc3ccccc32)sc2nc3n(c(=O)c12)CCC3. The molecule has 0 radical (unpaired) electrons. The van der Waals surface area contributed by atoms with E-state index < -0.39 is 0 Å². The maximum atomic E-state index is 13.3. The van der Waals surface area contributed by atoms with Gasteiger partial charge >= 0.3 is 0 Å². The molecule has 3 aromatic rings. The van der Waals surface area contributed by atoms with E-state index in [1.807, 2.05) is 30.0 Å². The summed E-state index contributed by atoms with van der Waals surface area (Å²) >= 11 is 1.36. The van der Waals surface area contributed by atoms with Gasteiger partial charge in [-0.05, 0) is 43.4 Å². The largest absolute Gasteiger partial charge is 0.307 e. The zero-order valence-electron chi connectivity index (χ0n) is 14.6. The number of nitrogens with zero attached hydrogens (tertiary/aromatic N) is 3. The number of aromatic nitrogens is 2. The highest BCUT2D eigenvalue weighted by Gasteiger charge is 2.28. The van der Waals surface area contributed by atoms with Gasteiger partial charge in [-0.1, -0.05) is 18.2 Å². The van der Waals surface area contributed by atoms with E-state index in [2.05, 4.69) is 11.1 Å². The van der Waals surface area contributed by atoms with Crippen LogP contribution in [-0.4, -0.2) is 22.0 Å². The minimum absolute atomic E-state index is 0.00865. The molecule has 132 valence electrons. The van der Waals surface area contributed by atoms with E-state index in [9.17, 15) is 9.59 Å². The number of benzene rings is 1. The summed E-state index contributed by atoms with van der Waals surface area (Å²) in [6.07, 6.45) is 3.77. The lowest BCUT2D eigenvalue weighted by Gasteiger charge is -2.29. The Morgan fingerprint density at radius 1 is 1.15 bits per heavy atom. The fraction of sp³-hybridized carbons (Fsp3) is 0.350. The lowest BCUT2D eigenvalue weighted by atomic mass is 10.0. The molecule has 2 aliphatic heterocycles. The van der Waals surface area contributed by atoms with Gasteiger partial charge in [0, 0.05) is 25.2 Å². The van der Waals surface area contributed by atoms with Crippen LogP contribution in [-0.2, 0) is 19.4 Å². The number of amides is 1. The van der Waals surface area contributed by atoms with Crippen LogP contribution in [0.4, 0.5) is 5.69 Å². The Morgan fingerprint density at radius 3 is 2.85 bits per heavy atom. The second-order valence-corrected chi connectivity index (χ2v) is 8.01. The van der Waals surface area contributed by atoms with E-state index in [1.165, 1.54) is 16.9 Å². The minimum atomic E-state index is -0.0118. The fourth-order valence-electron chi connectivity index (χ4n) is 4.15. The Labute approximate surface area is 154 Å². The zero-order chi connectivity index (χ0) is 17.8. The van der Waals surface area contributed by atoms with Crippen molar-refractivity contribution in [3.05, 3.63) is 56.4 Å². The predicted molar refractivity (Wildman–Crippen MR) is 103 cm³/mol. The molecule has 0 fully saturated rings. The van der Waals surface area contributed by atoms with Crippen LogP contribution in [0.3, 0.4) is 0 Å². The van der Waals surface area contributed by atoms with Crippen LogP contribution in [0.15, 0.2) is 29.1 Å². The predicted octanol–water partition coefficient (Wildman–Crippen LogP) is 3.31. The topological polar surface area (TPSA) is 55.2 Å². The van der Waals surface area contributed by atoms with Crippen molar-refractivity contribution in [1.82, 2.24) is 9.55 Å². The maximum absolute atomic E-state index is 13.3. The summed E-state index contributed by atoms with van der Waals surface area (Å²) in [7, 11) is 0. The number of fused-ring (bicyclic) bond motifs is 3. The second-order valence-electron chi connectivity index (χ2n) is 7.01. The van der Waals surface area contributed by atoms with Crippen LogP contribution >= 0.6 is 11.3 Å². The van der Waals surface area contributed by atoms with Crippen molar-refractivity contribution >= 4 is 33.1 Å². The van der Waals surface area contributed by atoms with Crippen molar-refractivity contribution in [2.75, 3.05) is 11.4 Å². The molecule has 1 aromatic carbocycles. The molecule has 2 aliphatic rings. The summed E-state index contributed by atoms with van der Waals surface area (Å²) in [5.41, 5.74) is 2.99. The molecular formula is C20H19N3O2S. The number of para-hydroxylation sites is 1. The maximum Gasteiger partial charge on any atom is 0.268 e. The van der Waals surface area contributed by atoms with Crippen LogP contribution in [0, 0.1) is 6.92 Å². The summed E-state index contributed by atoms with van der Waals surface area (Å²) in [5.74, 6) is 0.841. The van der Waals surface area contributed by atoms with E-state index in [0.29, 0.717) is 21.6 Å². The highest BCUT2D eigenvalue weighted by molar-refractivity contribution is 7.20. The molecule has 6 heteroatoms. The normalized spacial score (nSPS) is 16.0. The van der Waals surface area contributed by atoms with Crippen molar-refractivity contribution in [2.24, 2.45) is 0 Å². The molecule has 0 aliphatic carbocycles. The van der Waals surface area contributed by atoms with Gasteiger partial charge in [-0.15, -0.1) is 11.3 Å². The fourth-order valence-corrected chi connectivity index (χ4v) is 5.29. The average Bonchev–Trinajstić information content (AvgIpc) is 3.26. The monoisotopic (exact) mass is 365 g/mol. The third-order valence-electron chi connectivity index (χ3n) is 5.46. The van der Waals surface area contributed by atoms with Crippen LogP contribution in [0.2, 0.25) is 0 Å². The Bertz CT molecular complexity index is 1110. The molecule has 0 saturated heterocycles. The van der Waals surface area contributed by atoms with Gasteiger partial charge in [-0.2, -0.15) is 0 Å². The van der Waals surface area contributed by atoms with Crippen molar-refractivity contribution in [3.63, 3.8) is 0 Å². The van der Waals surface area contributed by atoms with E-state index >= 15 is 0 Å². The average molecular weight is 365 g/mol.